The second-order valence-corrected chi connectivity index (χ2v) is 20.8. The van der Waals surface area contributed by atoms with Gasteiger partial charge in [-0.1, -0.05) is 39.3 Å². The van der Waals surface area contributed by atoms with Crippen LogP contribution in [0.4, 0.5) is 0 Å². The van der Waals surface area contributed by atoms with Crippen LogP contribution in [-0.4, -0.2) is 188 Å². The molecule has 8 rings (SSSR count). The first-order chi connectivity index (χ1) is 29.8. The summed E-state index contributed by atoms with van der Waals surface area (Å²) in [5.41, 5.74) is 0.576. The lowest BCUT2D eigenvalue weighted by Gasteiger charge is -2.60. The average molecular weight is 903 g/mol. The minimum Gasteiger partial charge on any atom is -0.394 e. The molecule has 0 unspecified atom stereocenters. The lowest BCUT2D eigenvalue weighted by atomic mass is 9.46. The molecule has 3 saturated carbocycles. The highest BCUT2D eigenvalue weighted by Gasteiger charge is 2.69. The normalized spacial score (nSPS) is 55.0. The quantitative estimate of drug-likeness (QED) is 0.110. The molecule has 0 aromatic heterocycles. The van der Waals surface area contributed by atoms with Gasteiger partial charge < -0.3 is 89.0 Å². The Morgan fingerprint density at radius 1 is 0.825 bits per heavy atom. The topological polar surface area (TPSA) is 276 Å². The van der Waals surface area contributed by atoms with Crippen LogP contribution >= 0.6 is 0 Å². The molecule has 4 aliphatic carbocycles. The summed E-state index contributed by atoms with van der Waals surface area (Å²) >= 11 is 0. The van der Waals surface area contributed by atoms with Crippen molar-refractivity contribution in [3.8, 4) is 0 Å². The van der Waals surface area contributed by atoms with Crippen molar-refractivity contribution in [2.45, 2.75) is 196 Å². The predicted octanol–water partition coefficient (Wildman–Crippen LogP) is -0.567. The van der Waals surface area contributed by atoms with E-state index in [2.05, 4.69) is 26.8 Å². The molecule has 4 aliphatic heterocycles. The molecule has 0 radical (unpaired) electrons. The number of fused-ring (bicyclic) bond motifs is 7. The van der Waals surface area contributed by atoms with Crippen molar-refractivity contribution in [1.82, 2.24) is 0 Å². The van der Waals surface area contributed by atoms with Crippen LogP contribution in [0, 0.1) is 46.3 Å². The van der Waals surface area contributed by atoms with E-state index in [4.69, 9.17) is 37.9 Å². The molecule has 7 fully saturated rings. The van der Waals surface area contributed by atoms with Crippen molar-refractivity contribution in [2.75, 3.05) is 26.9 Å². The molecule has 362 valence electrons. The van der Waals surface area contributed by atoms with E-state index >= 15 is 0 Å². The van der Waals surface area contributed by atoms with E-state index in [0.717, 1.165) is 31.3 Å². The van der Waals surface area contributed by atoms with E-state index in [1.807, 2.05) is 6.92 Å². The maximum atomic E-state index is 11.3. The summed E-state index contributed by atoms with van der Waals surface area (Å²) in [5, 5.41) is 105. The highest BCUT2D eigenvalue weighted by atomic mass is 16.8. The second kappa shape index (κ2) is 18.5. The zero-order valence-corrected chi connectivity index (χ0v) is 37.4. The van der Waals surface area contributed by atoms with Gasteiger partial charge in [-0.2, -0.15) is 0 Å². The molecule has 0 amide bonds. The summed E-state index contributed by atoms with van der Waals surface area (Å²) in [7, 11) is 1.71. The fourth-order valence-electron chi connectivity index (χ4n) is 13.6. The van der Waals surface area contributed by atoms with Gasteiger partial charge in [-0.05, 0) is 80.5 Å². The van der Waals surface area contributed by atoms with Crippen molar-refractivity contribution in [2.24, 2.45) is 46.3 Å². The zero-order valence-electron chi connectivity index (χ0n) is 37.4. The molecule has 26 atom stereocenters. The second-order valence-electron chi connectivity index (χ2n) is 20.8. The van der Waals surface area contributed by atoms with Crippen LogP contribution in [0.5, 0.6) is 0 Å². The van der Waals surface area contributed by atoms with Crippen LogP contribution in [0.15, 0.2) is 11.6 Å². The molecule has 10 N–H and O–H groups in total. The third-order valence-electron chi connectivity index (χ3n) is 17.4. The minimum atomic E-state index is -1.65. The first kappa shape index (κ1) is 48.5. The Hall–Kier alpha value is -0.980. The summed E-state index contributed by atoms with van der Waals surface area (Å²) in [6.07, 6.45) is -12.2. The lowest BCUT2D eigenvalue weighted by molar-refractivity contribution is -0.362. The van der Waals surface area contributed by atoms with Crippen molar-refractivity contribution in [3.05, 3.63) is 11.6 Å². The molecule has 0 aromatic carbocycles. The third-order valence-corrected chi connectivity index (χ3v) is 17.4. The highest BCUT2D eigenvalue weighted by molar-refractivity contribution is 5.29. The summed E-state index contributed by atoms with van der Waals surface area (Å²) < 4.78 is 49.3. The highest BCUT2D eigenvalue weighted by Crippen LogP contribution is 2.70. The van der Waals surface area contributed by atoms with Gasteiger partial charge in [-0.15, -0.1) is 0 Å². The maximum absolute atomic E-state index is 11.3. The number of rotatable bonds is 12. The van der Waals surface area contributed by atoms with Gasteiger partial charge >= 0.3 is 0 Å². The Morgan fingerprint density at radius 3 is 2.25 bits per heavy atom. The summed E-state index contributed by atoms with van der Waals surface area (Å²) in [6, 6.07) is 0. The number of hydrogen-bond donors (Lipinski definition) is 10. The van der Waals surface area contributed by atoms with Gasteiger partial charge in [-0.3, -0.25) is 0 Å². The van der Waals surface area contributed by atoms with E-state index in [1.54, 1.807) is 7.11 Å². The van der Waals surface area contributed by atoms with Crippen LogP contribution in [0.1, 0.15) is 86.0 Å². The largest absolute Gasteiger partial charge is 0.394 e. The number of allylic oxidation sites excluding steroid dienone is 1. The Bertz CT molecular complexity index is 1600. The fraction of sp³-hybridized carbons (Fsp3) is 0.956. The molecule has 4 saturated heterocycles. The molecule has 18 nitrogen and oxygen atoms in total. The molecule has 4 heterocycles. The van der Waals surface area contributed by atoms with Gasteiger partial charge in [0.2, 0.25) is 0 Å². The number of aliphatic hydroxyl groups excluding tert-OH is 10. The smallest absolute Gasteiger partial charge is 0.187 e. The van der Waals surface area contributed by atoms with Gasteiger partial charge in [0.25, 0.3) is 0 Å². The van der Waals surface area contributed by atoms with Crippen LogP contribution in [0.2, 0.25) is 0 Å². The van der Waals surface area contributed by atoms with Crippen LogP contribution < -0.4 is 0 Å². The van der Waals surface area contributed by atoms with Gasteiger partial charge in [0, 0.05) is 31.3 Å². The van der Waals surface area contributed by atoms with Gasteiger partial charge in [0.1, 0.15) is 61.0 Å². The molecule has 8 aliphatic rings. The Labute approximate surface area is 369 Å². The molecule has 63 heavy (non-hydrogen) atoms. The molecular weight excluding hydrogens is 828 g/mol. The van der Waals surface area contributed by atoms with Gasteiger partial charge in [0.15, 0.2) is 24.7 Å². The monoisotopic (exact) mass is 902 g/mol. The van der Waals surface area contributed by atoms with Crippen LogP contribution in [0.25, 0.3) is 0 Å². The standard InChI is InChI=1S/C45H74O18/c1-19(17-57-40-37(54)36(53)34(51)29(16-46)60-40)9-12-45(56-6)20(2)31-28(63-45)15-26-24-8-7-22-13-23(47)14-30(44(22,5)25(24)10-11-43(26,31)4)61-42-39(33(50)27(48)18-58-42)62-41-38(55)35(52)32(49)21(3)59-41/h7,19-21,23-42,46-55H,8-18H2,1-6H3/t19-,20+,21+,23-,24-,25+,26+,27+,28+,29-,30-,31+,32+,33+,34-,35-,36+,37-,38-,39-,40-,41+,42+,43+,44+,45+/m1/s1. The molecule has 0 bridgehead atoms. The first-order valence-corrected chi connectivity index (χ1v) is 23.3. The van der Waals surface area contributed by atoms with Crippen molar-refractivity contribution in [1.29, 1.82) is 0 Å². The van der Waals surface area contributed by atoms with E-state index in [-0.39, 0.29) is 48.4 Å². The lowest BCUT2D eigenvalue weighted by Crippen LogP contribution is -2.63. The Morgan fingerprint density at radius 2 is 1.54 bits per heavy atom. The molecule has 0 aromatic rings. The average Bonchev–Trinajstić information content (AvgIpc) is 3.72. The molecule has 0 spiro atoms. The van der Waals surface area contributed by atoms with E-state index in [1.165, 1.54) is 6.92 Å². The molecule has 18 heteroatoms. The van der Waals surface area contributed by atoms with Crippen molar-refractivity contribution < 1.29 is 89.0 Å². The number of aliphatic hydroxyl groups is 10. The predicted molar refractivity (Wildman–Crippen MR) is 218 cm³/mol. The number of ether oxygens (including phenoxy) is 8. The van der Waals surface area contributed by atoms with E-state index in [0.29, 0.717) is 37.5 Å². The minimum absolute atomic E-state index is 0.000427. The van der Waals surface area contributed by atoms with E-state index in [9.17, 15) is 51.1 Å². The van der Waals surface area contributed by atoms with Gasteiger partial charge in [0.05, 0.1) is 44.2 Å². The number of hydrogen-bond acceptors (Lipinski definition) is 18. The SMILES string of the molecule is CO[C@@]1(CC[C@@H](C)CO[C@@H]2O[C@H](CO)[C@@H](O)[C@H](O)[C@H]2O)O[C@H]2C[C@H]3[C@@H]4CC=C5C[C@@H](O)C[C@@H](O[C@@H]6OC[C@H](O)[C@H](O)[C@H]6O[C@@H]6O[C@@H](C)[C@H](O)[C@@H](O)[C@H]6O)[C@]5(C)[C@H]4CC[C@]3(C)[C@H]2[C@@H]1C. The van der Waals surface area contributed by atoms with Crippen molar-refractivity contribution >= 4 is 0 Å². The number of methoxy groups -OCH3 is 1. The van der Waals surface area contributed by atoms with Crippen LogP contribution in [-0.2, 0) is 37.9 Å². The summed E-state index contributed by atoms with van der Waals surface area (Å²) in [4.78, 5) is 0. The van der Waals surface area contributed by atoms with E-state index < -0.39 is 116 Å². The first-order valence-electron chi connectivity index (χ1n) is 23.3. The third kappa shape index (κ3) is 8.30. The Kier molecular flexibility index (Phi) is 14.2. The zero-order chi connectivity index (χ0) is 45.5. The van der Waals surface area contributed by atoms with Crippen LogP contribution in [0.3, 0.4) is 0 Å². The fourth-order valence-corrected chi connectivity index (χ4v) is 13.6. The molecular formula is C45H74O18. The maximum Gasteiger partial charge on any atom is 0.187 e. The Balaban J connectivity index is 0.947. The summed E-state index contributed by atoms with van der Waals surface area (Å²) in [6.45, 7) is 9.87. The summed E-state index contributed by atoms with van der Waals surface area (Å²) in [5.74, 6) is 0.326. The van der Waals surface area contributed by atoms with Gasteiger partial charge in [-0.25, -0.2) is 0 Å². The van der Waals surface area contributed by atoms with Crippen molar-refractivity contribution in [3.63, 3.8) is 0 Å².